The highest BCUT2D eigenvalue weighted by atomic mass is 16.5. The van der Waals surface area contributed by atoms with E-state index in [1.165, 1.54) is 89.9 Å². The maximum atomic E-state index is 10.7. The van der Waals surface area contributed by atoms with E-state index in [1.807, 2.05) is 0 Å². The van der Waals surface area contributed by atoms with E-state index in [0.29, 0.717) is 6.61 Å². The third kappa shape index (κ3) is 18.5. The lowest BCUT2D eigenvalue weighted by molar-refractivity contribution is -0.134. The van der Waals surface area contributed by atoms with Crippen molar-refractivity contribution in [2.24, 2.45) is 5.73 Å². The molecule has 162 valence electrons. The summed E-state index contributed by atoms with van der Waals surface area (Å²) in [6.07, 6.45) is 18.5. The van der Waals surface area contributed by atoms with Gasteiger partial charge in [-0.05, 0) is 6.42 Å². The van der Waals surface area contributed by atoms with Gasteiger partial charge in [-0.2, -0.15) is 0 Å². The molecule has 0 aliphatic rings. The van der Waals surface area contributed by atoms with Crippen LogP contribution in [0.2, 0.25) is 0 Å². The lowest BCUT2D eigenvalue weighted by atomic mass is 10.0. The van der Waals surface area contributed by atoms with E-state index in [-0.39, 0.29) is 6.61 Å². The molecule has 0 aliphatic heterocycles. The Labute approximate surface area is 167 Å². The van der Waals surface area contributed by atoms with Crippen LogP contribution in [0, 0.1) is 0 Å². The van der Waals surface area contributed by atoms with Gasteiger partial charge < -0.3 is 20.7 Å². The molecule has 2 unspecified atom stereocenters. The molecule has 0 bridgehead atoms. The van der Waals surface area contributed by atoms with Gasteiger partial charge in [0.05, 0.1) is 6.61 Å². The zero-order chi connectivity index (χ0) is 20.2. The molecule has 0 heterocycles. The van der Waals surface area contributed by atoms with Gasteiger partial charge in [-0.25, -0.2) is 0 Å². The highest BCUT2D eigenvalue weighted by molar-refractivity contribution is 5.79. The normalized spacial score (nSPS) is 13.6. The zero-order valence-electron chi connectivity index (χ0n) is 17.7. The molecule has 27 heavy (non-hydrogen) atoms. The molecule has 0 aliphatic carbocycles. The molecule has 0 aromatic rings. The number of rotatable bonds is 21. The number of unbranched alkanes of at least 4 members (excludes halogenated alkanes) is 15. The fraction of sp³-hybridized carbons (Fsp3) is 0.955. The molecule has 0 rings (SSSR count). The molecule has 2 atom stereocenters. The van der Waals surface area contributed by atoms with Crippen molar-refractivity contribution in [3.8, 4) is 0 Å². The maximum absolute atomic E-state index is 10.7. The molecular formula is C22H45NO4. The Bertz CT molecular complexity index is 325. The third-order valence-corrected chi connectivity index (χ3v) is 5.09. The van der Waals surface area contributed by atoms with Crippen LogP contribution in [-0.2, 0) is 9.53 Å². The summed E-state index contributed by atoms with van der Waals surface area (Å²) >= 11 is 0. The molecule has 4 N–H and O–H groups in total. The number of nitrogens with two attached hydrogens (primary N) is 1. The smallest absolute Gasteiger partial charge is 0.249 e. The van der Waals surface area contributed by atoms with Gasteiger partial charge in [0, 0.05) is 6.61 Å². The van der Waals surface area contributed by atoms with Crippen molar-refractivity contribution in [2.45, 2.75) is 122 Å². The van der Waals surface area contributed by atoms with Gasteiger partial charge in [-0.1, -0.05) is 103 Å². The van der Waals surface area contributed by atoms with E-state index >= 15 is 0 Å². The molecule has 0 saturated heterocycles. The quantitative estimate of drug-likeness (QED) is 0.253. The van der Waals surface area contributed by atoms with E-state index in [4.69, 9.17) is 10.5 Å². The first-order valence-electron chi connectivity index (χ1n) is 11.3. The molecule has 0 spiro atoms. The van der Waals surface area contributed by atoms with E-state index in [9.17, 15) is 15.0 Å². The minimum absolute atomic E-state index is 0.0527. The summed E-state index contributed by atoms with van der Waals surface area (Å²) in [6, 6.07) is 0. The Kier molecular flexibility index (Phi) is 19.6. The van der Waals surface area contributed by atoms with Crippen LogP contribution in [-0.4, -0.2) is 41.5 Å². The van der Waals surface area contributed by atoms with Gasteiger partial charge in [0.2, 0.25) is 5.91 Å². The largest absolute Gasteiger partial charge is 0.387 e. The Morgan fingerprint density at radius 3 is 1.48 bits per heavy atom. The highest BCUT2D eigenvalue weighted by Gasteiger charge is 2.21. The second kappa shape index (κ2) is 20.1. The Hall–Kier alpha value is -0.650. The number of ether oxygens (including phenoxy) is 1. The monoisotopic (exact) mass is 387 g/mol. The predicted molar refractivity (Wildman–Crippen MR) is 112 cm³/mol. The Morgan fingerprint density at radius 2 is 1.11 bits per heavy atom. The average Bonchev–Trinajstić information content (AvgIpc) is 2.66. The van der Waals surface area contributed by atoms with Crippen LogP contribution in [0.15, 0.2) is 0 Å². The molecular weight excluding hydrogens is 342 g/mol. The van der Waals surface area contributed by atoms with E-state index in [0.717, 1.165) is 12.8 Å². The maximum Gasteiger partial charge on any atom is 0.249 e. The second-order valence-corrected chi connectivity index (χ2v) is 7.79. The number of carbonyl (C=O) groups excluding carboxylic acids is 1. The van der Waals surface area contributed by atoms with Crippen molar-refractivity contribution in [3.63, 3.8) is 0 Å². The van der Waals surface area contributed by atoms with Gasteiger partial charge in [-0.3, -0.25) is 4.79 Å². The minimum atomic E-state index is -1.55. The van der Waals surface area contributed by atoms with Crippen molar-refractivity contribution in [2.75, 3.05) is 13.2 Å². The van der Waals surface area contributed by atoms with Crippen molar-refractivity contribution in [1.29, 1.82) is 0 Å². The molecule has 5 heteroatoms. The summed E-state index contributed by atoms with van der Waals surface area (Å²) in [7, 11) is 0. The van der Waals surface area contributed by atoms with E-state index in [1.54, 1.807) is 0 Å². The SMILES string of the molecule is CCCCCCCCCCCCCCCCCCOCC(O)C(O)C(N)=O. The molecule has 0 aromatic carbocycles. The first kappa shape index (κ1) is 26.4. The number of amides is 1. The summed E-state index contributed by atoms with van der Waals surface area (Å²) in [4.78, 5) is 10.7. The summed E-state index contributed by atoms with van der Waals surface area (Å²) in [5.41, 5.74) is 4.90. The van der Waals surface area contributed by atoms with Crippen LogP contribution in [0.1, 0.15) is 110 Å². The summed E-state index contributed by atoms with van der Waals surface area (Å²) in [5.74, 6) is -0.923. The lowest BCUT2D eigenvalue weighted by Crippen LogP contribution is -2.41. The Balaban J connectivity index is 3.14. The van der Waals surface area contributed by atoms with Crippen LogP contribution in [0.25, 0.3) is 0 Å². The first-order chi connectivity index (χ1) is 13.1. The molecule has 1 amide bonds. The van der Waals surface area contributed by atoms with Crippen LogP contribution in [0.3, 0.4) is 0 Å². The lowest BCUT2D eigenvalue weighted by Gasteiger charge is -2.14. The second-order valence-electron chi connectivity index (χ2n) is 7.79. The number of carbonyl (C=O) groups is 1. The topological polar surface area (TPSA) is 92.8 Å². The zero-order valence-corrected chi connectivity index (χ0v) is 17.7. The Morgan fingerprint density at radius 1 is 0.741 bits per heavy atom. The molecule has 0 aromatic heterocycles. The van der Waals surface area contributed by atoms with Gasteiger partial charge in [-0.15, -0.1) is 0 Å². The number of hydrogen-bond acceptors (Lipinski definition) is 4. The van der Waals surface area contributed by atoms with Gasteiger partial charge in [0.1, 0.15) is 6.10 Å². The average molecular weight is 388 g/mol. The van der Waals surface area contributed by atoms with Gasteiger partial charge in [0.15, 0.2) is 6.10 Å². The summed E-state index contributed by atoms with van der Waals surface area (Å²) in [5, 5.41) is 18.7. The van der Waals surface area contributed by atoms with E-state index < -0.39 is 18.1 Å². The van der Waals surface area contributed by atoms with Crippen molar-refractivity contribution in [3.05, 3.63) is 0 Å². The summed E-state index contributed by atoms with van der Waals surface area (Å²) < 4.78 is 5.27. The molecule has 5 nitrogen and oxygen atoms in total. The number of hydrogen-bond donors (Lipinski definition) is 3. The predicted octanol–water partition coefficient (Wildman–Crippen LogP) is 4.47. The van der Waals surface area contributed by atoms with Gasteiger partial charge in [0.25, 0.3) is 0 Å². The van der Waals surface area contributed by atoms with Crippen LogP contribution in [0.5, 0.6) is 0 Å². The number of aliphatic hydroxyl groups excluding tert-OH is 2. The molecule has 0 saturated carbocycles. The standard InChI is InChI=1S/C22H45NO4/c1-2-3-4-5-6-7-8-9-10-11-12-13-14-15-16-17-18-27-19-20(24)21(25)22(23)26/h20-21,24-25H,2-19H2,1H3,(H2,23,26). The fourth-order valence-electron chi connectivity index (χ4n) is 3.24. The van der Waals surface area contributed by atoms with Crippen molar-refractivity contribution < 1.29 is 19.7 Å². The summed E-state index contributed by atoms with van der Waals surface area (Å²) in [6.45, 7) is 2.76. The number of primary amides is 1. The van der Waals surface area contributed by atoms with E-state index in [2.05, 4.69) is 6.92 Å². The van der Waals surface area contributed by atoms with Crippen molar-refractivity contribution in [1.82, 2.24) is 0 Å². The van der Waals surface area contributed by atoms with Crippen molar-refractivity contribution >= 4 is 5.91 Å². The van der Waals surface area contributed by atoms with Gasteiger partial charge >= 0.3 is 0 Å². The molecule has 0 radical (unpaired) electrons. The third-order valence-electron chi connectivity index (χ3n) is 5.09. The fourth-order valence-corrected chi connectivity index (χ4v) is 3.24. The van der Waals surface area contributed by atoms with Crippen LogP contribution >= 0.6 is 0 Å². The molecule has 0 fully saturated rings. The first-order valence-corrected chi connectivity index (χ1v) is 11.3. The van der Waals surface area contributed by atoms with Crippen LogP contribution in [0.4, 0.5) is 0 Å². The number of aliphatic hydroxyl groups is 2. The highest BCUT2D eigenvalue weighted by Crippen LogP contribution is 2.13. The minimum Gasteiger partial charge on any atom is -0.387 e. The van der Waals surface area contributed by atoms with Crippen LogP contribution < -0.4 is 5.73 Å².